The van der Waals surface area contributed by atoms with Gasteiger partial charge in [0.2, 0.25) is 11.8 Å². The molecular formula is C17H19N3O3S2. The molecule has 0 radical (unpaired) electrons. The largest absolute Gasteiger partial charge is 0.480 e. The van der Waals surface area contributed by atoms with Crippen molar-refractivity contribution < 1.29 is 14.3 Å². The molecule has 0 atom stereocenters. The molecule has 0 bridgehead atoms. The number of rotatable bonds is 5. The van der Waals surface area contributed by atoms with Crippen molar-refractivity contribution in [1.29, 1.82) is 0 Å². The maximum absolute atomic E-state index is 12.2. The number of cyclic esters (lactones) is 1. The molecule has 3 heterocycles. The van der Waals surface area contributed by atoms with E-state index in [4.69, 9.17) is 9.47 Å². The lowest BCUT2D eigenvalue weighted by molar-refractivity contribution is -0.129. The Morgan fingerprint density at radius 1 is 1.36 bits per heavy atom. The highest BCUT2D eigenvalue weighted by Crippen LogP contribution is 2.34. The molecule has 1 aliphatic heterocycles. The van der Waals surface area contributed by atoms with E-state index in [1.54, 1.807) is 24.5 Å². The van der Waals surface area contributed by atoms with Gasteiger partial charge < -0.3 is 14.4 Å². The van der Waals surface area contributed by atoms with Crippen molar-refractivity contribution in [1.82, 2.24) is 4.98 Å². The van der Waals surface area contributed by atoms with E-state index in [0.29, 0.717) is 11.8 Å². The number of ether oxygens (including phenoxy) is 2. The fourth-order valence-electron chi connectivity index (χ4n) is 2.35. The third kappa shape index (κ3) is 3.45. The van der Waals surface area contributed by atoms with E-state index in [-0.39, 0.29) is 5.70 Å². The predicted molar refractivity (Wildman–Crippen MR) is 102 cm³/mol. The molecule has 0 amide bonds. The lowest BCUT2D eigenvalue weighted by Crippen LogP contribution is -2.07. The Balaban J connectivity index is 1.95. The lowest BCUT2D eigenvalue weighted by Gasteiger charge is -2.04. The summed E-state index contributed by atoms with van der Waals surface area (Å²) in [5.41, 5.74) is 1.45. The van der Waals surface area contributed by atoms with Crippen LogP contribution in [-0.4, -0.2) is 38.1 Å². The van der Waals surface area contributed by atoms with Crippen molar-refractivity contribution in [2.75, 3.05) is 26.1 Å². The summed E-state index contributed by atoms with van der Waals surface area (Å²) < 4.78 is 10.7. The Hall–Kier alpha value is -2.19. The first-order valence-electron chi connectivity index (χ1n) is 7.77. The number of anilines is 1. The second kappa shape index (κ2) is 6.97. The highest BCUT2D eigenvalue weighted by Gasteiger charge is 2.27. The summed E-state index contributed by atoms with van der Waals surface area (Å²) in [5.74, 6) is 0.374. The third-order valence-corrected chi connectivity index (χ3v) is 6.15. The number of aryl methyl sites for hydroxylation is 2. The number of hydrogen-bond donors (Lipinski definition) is 0. The first-order chi connectivity index (χ1) is 11.9. The Morgan fingerprint density at radius 2 is 2.12 bits per heavy atom. The van der Waals surface area contributed by atoms with Crippen LogP contribution in [0.4, 0.5) is 5.13 Å². The number of methoxy groups -OCH3 is 1. The van der Waals surface area contributed by atoms with Gasteiger partial charge in [0.1, 0.15) is 0 Å². The molecule has 8 heteroatoms. The normalized spacial score (nSPS) is 15.5. The van der Waals surface area contributed by atoms with Gasteiger partial charge in [0.05, 0.1) is 16.9 Å². The van der Waals surface area contributed by atoms with Gasteiger partial charge in [-0.15, -0.1) is 11.3 Å². The number of carbonyl (C=O) groups excluding carboxylic acids is 1. The molecule has 1 aliphatic rings. The first-order valence-corrected chi connectivity index (χ1v) is 9.40. The van der Waals surface area contributed by atoms with Crippen LogP contribution in [0.15, 0.2) is 16.8 Å². The second-order valence-corrected chi connectivity index (χ2v) is 7.82. The van der Waals surface area contributed by atoms with Crippen molar-refractivity contribution in [2.24, 2.45) is 4.99 Å². The van der Waals surface area contributed by atoms with Crippen LogP contribution in [0.3, 0.4) is 0 Å². The average molecular weight is 377 g/mol. The molecule has 0 aliphatic carbocycles. The van der Waals surface area contributed by atoms with Crippen LogP contribution in [0.25, 0.3) is 6.08 Å². The third-order valence-electron chi connectivity index (χ3n) is 3.63. The molecule has 3 rings (SSSR count). The Morgan fingerprint density at radius 3 is 2.72 bits per heavy atom. The summed E-state index contributed by atoms with van der Waals surface area (Å²) in [6.45, 7) is 4.16. The topological polar surface area (TPSA) is 64.0 Å². The van der Waals surface area contributed by atoms with Crippen molar-refractivity contribution in [3.8, 4) is 5.88 Å². The number of carbonyl (C=O) groups is 1. The van der Waals surface area contributed by atoms with Crippen LogP contribution < -0.4 is 9.64 Å². The fourth-order valence-corrected chi connectivity index (χ4v) is 4.29. The van der Waals surface area contributed by atoms with Gasteiger partial charge in [0.15, 0.2) is 10.8 Å². The SMILES string of the molecule is CCc1sc(C2=N/C(=C/c3sc(N(C)C)nc3OC)C(=O)O2)cc1C. The van der Waals surface area contributed by atoms with Gasteiger partial charge in [-0.3, -0.25) is 0 Å². The minimum Gasteiger partial charge on any atom is -0.480 e. The quantitative estimate of drug-likeness (QED) is 0.589. The van der Waals surface area contributed by atoms with Gasteiger partial charge in [0, 0.05) is 19.0 Å². The minimum absolute atomic E-state index is 0.256. The van der Waals surface area contributed by atoms with E-state index in [1.165, 1.54) is 21.8 Å². The number of esters is 1. The van der Waals surface area contributed by atoms with Crippen LogP contribution in [0, 0.1) is 6.92 Å². The molecule has 6 nitrogen and oxygen atoms in total. The van der Waals surface area contributed by atoms with Crippen molar-refractivity contribution in [2.45, 2.75) is 20.3 Å². The van der Waals surface area contributed by atoms with E-state index in [0.717, 1.165) is 21.3 Å². The van der Waals surface area contributed by atoms with Crippen LogP contribution in [0.1, 0.15) is 27.1 Å². The monoisotopic (exact) mass is 377 g/mol. The number of hydrogen-bond acceptors (Lipinski definition) is 8. The maximum Gasteiger partial charge on any atom is 0.363 e. The van der Waals surface area contributed by atoms with Gasteiger partial charge in [-0.1, -0.05) is 18.3 Å². The Labute approximate surface area is 154 Å². The molecule has 0 spiro atoms. The number of aromatic nitrogens is 1. The smallest absolute Gasteiger partial charge is 0.363 e. The summed E-state index contributed by atoms with van der Waals surface area (Å²) >= 11 is 3.03. The average Bonchev–Trinajstić information content (AvgIpc) is 3.25. The van der Waals surface area contributed by atoms with E-state index in [2.05, 4.69) is 23.8 Å². The van der Waals surface area contributed by atoms with Crippen molar-refractivity contribution in [3.05, 3.63) is 32.0 Å². The summed E-state index contributed by atoms with van der Waals surface area (Å²) in [7, 11) is 5.36. The van der Waals surface area contributed by atoms with E-state index in [9.17, 15) is 4.79 Å². The molecule has 0 saturated heterocycles. The molecule has 0 fully saturated rings. The molecular weight excluding hydrogens is 358 g/mol. The molecule has 2 aromatic rings. The predicted octanol–water partition coefficient (Wildman–Crippen LogP) is 3.49. The highest BCUT2D eigenvalue weighted by molar-refractivity contribution is 7.16. The van der Waals surface area contributed by atoms with Crippen LogP contribution in [0.2, 0.25) is 0 Å². The summed E-state index contributed by atoms with van der Waals surface area (Å²) in [5, 5.41) is 0.792. The van der Waals surface area contributed by atoms with Gasteiger partial charge in [0.25, 0.3) is 0 Å². The molecule has 132 valence electrons. The van der Waals surface area contributed by atoms with Crippen molar-refractivity contribution >= 4 is 45.7 Å². The van der Waals surface area contributed by atoms with E-state index >= 15 is 0 Å². The van der Waals surface area contributed by atoms with Crippen LogP contribution >= 0.6 is 22.7 Å². The van der Waals surface area contributed by atoms with E-state index < -0.39 is 5.97 Å². The number of thiazole rings is 1. The molecule has 0 N–H and O–H groups in total. The Bertz CT molecular complexity index is 878. The van der Waals surface area contributed by atoms with Gasteiger partial charge in [-0.2, -0.15) is 4.98 Å². The van der Waals surface area contributed by atoms with Crippen LogP contribution in [-0.2, 0) is 16.0 Å². The zero-order valence-corrected chi connectivity index (χ0v) is 16.4. The van der Waals surface area contributed by atoms with Gasteiger partial charge in [-0.05, 0) is 31.1 Å². The fraction of sp³-hybridized carbons (Fsp3) is 0.353. The lowest BCUT2D eigenvalue weighted by atomic mass is 10.2. The number of nitrogens with zero attached hydrogens (tertiary/aromatic N) is 3. The van der Waals surface area contributed by atoms with E-state index in [1.807, 2.05) is 25.1 Å². The highest BCUT2D eigenvalue weighted by atomic mass is 32.1. The minimum atomic E-state index is -0.457. The first kappa shape index (κ1) is 17.6. The number of aliphatic imine (C=N–C) groups is 1. The molecule has 0 saturated carbocycles. The maximum atomic E-state index is 12.2. The van der Waals surface area contributed by atoms with Crippen molar-refractivity contribution in [3.63, 3.8) is 0 Å². The molecule has 0 aromatic carbocycles. The Kier molecular flexibility index (Phi) is 4.91. The summed E-state index contributed by atoms with van der Waals surface area (Å²) in [4.78, 5) is 25.7. The van der Waals surface area contributed by atoms with Crippen LogP contribution in [0.5, 0.6) is 5.88 Å². The second-order valence-electron chi connectivity index (χ2n) is 5.67. The van der Waals surface area contributed by atoms with Gasteiger partial charge in [-0.25, -0.2) is 9.79 Å². The molecule has 0 unspecified atom stereocenters. The molecule has 2 aromatic heterocycles. The zero-order chi connectivity index (χ0) is 18.1. The summed E-state index contributed by atoms with van der Waals surface area (Å²) in [6, 6.07) is 2.01. The standard InChI is InChI=1S/C17H19N3O3S2/c1-6-11-9(2)7-12(24-11)15-18-10(16(21)23-15)8-13-14(22-5)19-17(25-13)20(3)4/h7-8H,6H2,1-5H3/b10-8+. The summed E-state index contributed by atoms with van der Waals surface area (Å²) in [6.07, 6.45) is 2.62. The molecule has 25 heavy (non-hydrogen) atoms. The zero-order valence-electron chi connectivity index (χ0n) is 14.7. The number of thiophene rings is 1. The van der Waals surface area contributed by atoms with Gasteiger partial charge >= 0.3 is 5.97 Å².